The molecule has 0 bridgehead atoms. The highest BCUT2D eigenvalue weighted by molar-refractivity contribution is 5.95. The van der Waals surface area contributed by atoms with E-state index < -0.39 is 12.0 Å². The Kier molecular flexibility index (Phi) is 5.34. The van der Waals surface area contributed by atoms with E-state index in [0.717, 1.165) is 13.1 Å². The number of aliphatic hydroxyl groups excluding tert-OH is 1. The highest BCUT2D eigenvalue weighted by Gasteiger charge is 2.16. The van der Waals surface area contributed by atoms with Crippen molar-refractivity contribution in [1.29, 1.82) is 0 Å². The summed E-state index contributed by atoms with van der Waals surface area (Å²) in [6.07, 6.45) is -0.617. The van der Waals surface area contributed by atoms with Gasteiger partial charge in [0, 0.05) is 19.6 Å². The summed E-state index contributed by atoms with van der Waals surface area (Å²) in [4.78, 5) is 13.4. The van der Waals surface area contributed by atoms with Gasteiger partial charge in [0.1, 0.15) is 18.5 Å². The molecule has 3 N–H and O–H groups in total. The van der Waals surface area contributed by atoms with Crippen molar-refractivity contribution in [2.75, 3.05) is 39.5 Å². The Hall–Kier alpha value is -1.63. The van der Waals surface area contributed by atoms with Crippen molar-refractivity contribution < 1.29 is 19.4 Å². The first-order valence-electron chi connectivity index (χ1n) is 6.66. The van der Waals surface area contributed by atoms with Crippen LogP contribution in [0.2, 0.25) is 0 Å². The average Bonchev–Trinajstić information content (AvgIpc) is 2.46. The van der Waals surface area contributed by atoms with Crippen LogP contribution in [0.4, 0.5) is 0 Å². The summed E-state index contributed by atoms with van der Waals surface area (Å²) >= 11 is 0. The number of hydrogen-bond donors (Lipinski definition) is 2. The lowest BCUT2D eigenvalue weighted by atomic mass is 10.2. The van der Waals surface area contributed by atoms with Crippen molar-refractivity contribution in [3.63, 3.8) is 0 Å². The standard InChI is InChI=1S/C14H20N2O4/c15-14(18)12-3-1-2-4-13(12)20-10-11(17)9-16-5-7-19-8-6-16/h1-4,11,17H,5-10H2,(H2,15,18). The van der Waals surface area contributed by atoms with Crippen molar-refractivity contribution in [3.05, 3.63) is 29.8 Å². The maximum absolute atomic E-state index is 11.2. The molecule has 1 aliphatic heterocycles. The molecule has 1 aliphatic rings. The number of benzene rings is 1. The molecule has 1 atom stereocenters. The second-order valence-corrected chi connectivity index (χ2v) is 4.74. The van der Waals surface area contributed by atoms with E-state index in [9.17, 15) is 9.90 Å². The summed E-state index contributed by atoms with van der Waals surface area (Å²) in [6.45, 7) is 3.67. The van der Waals surface area contributed by atoms with Crippen LogP contribution in [0.25, 0.3) is 0 Å². The third-order valence-corrected chi connectivity index (χ3v) is 3.16. The Labute approximate surface area is 118 Å². The van der Waals surface area contributed by atoms with Crippen molar-refractivity contribution in [2.24, 2.45) is 5.73 Å². The number of aliphatic hydroxyl groups is 1. The van der Waals surface area contributed by atoms with E-state index in [1.807, 2.05) is 0 Å². The molecule has 0 saturated carbocycles. The molecule has 20 heavy (non-hydrogen) atoms. The van der Waals surface area contributed by atoms with Gasteiger partial charge in [-0.15, -0.1) is 0 Å². The molecule has 0 spiro atoms. The van der Waals surface area contributed by atoms with Gasteiger partial charge in [-0.25, -0.2) is 0 Å². The number of carbonyl (C=O) groups excluding carboxylic acids is 1. The van der Waals surface area contributed by atoms with Gasteiger partial charge in [-0.2, -0.15) is 0 Å². The normalized spacial score (nSPS) is 17.6. The highest BCUT2D eigenvalue weighted by Crippen LogP contribution is 2.17. The number of ether oxygens (including phenoxy) is 2. The molecule has 6 heteroatoms. The Morgan fingerprint density at radius 1 is 1.40 bits per heavy atom. The smallest absolute Gasteiger partial charge is 0.252 e. The van der Waals surface area contributed by atoms with E-state index in [0.29, 0.717) is 31.1 Å². The minimum Gasteiger partial charge on any atom is -0.490 e. The summed E-state index contributed by atoms with van der Waals surface area (Å²) in [6, 6.07) is 6.75. The van der Waals surface area contributed by atoms with Crippen molar-refractivity contribution in [2.45, 2.75) is 6.10 Å². The lowest BCUT2D eigenvalue weighted by molar-refractivity contribution is 0.00457. The number of carbonyl (C=O) groups is 1. The third-order valence-electron chi connectivity index (χ3n) is 3.16. The van der Waals surface area contributed by atoms with Gasteiger partial charge in [-0.3, -0.25) is 9.69 Å². The zero-order valence-electron chi connectivity index (χ0n) is 11.3. The monoisotopic (exact) mass is 280 g/mol. The number of primary amides is 1. The average molecular weight is 280 g/mol. The quantitative estimate of drug-likeness (QED) is 0.757. The maximum Gasteiger partial charge on any atom is 0.252 e. The Morgan fingerprint density at radius 3 is 2.80 bits per heavy atom. The number of morpholine rings is 1. The molecule has 1 saturated heterocycles. The van der Waals surface area contributed by atoms with Crippen LogP contribution in [0.1, 0.15) is 10.4 Å². The number of β-amino-alcohol motifs (C(OH)–C–C–N with tert-alkyl or cyclic N) is 1. The molecule has 0 aromatic heterocycles. The van der Waals surface area contributed by atoms with Crippen molar-refractivity contribution >= 4 is 5.91 Å². The predicted molar refractivity (Wildman–Crippen MR) is 73.7 cm³/mol. The SMILES string of the molecule is NC(=O)c1ccccc1OCC(O)CN1CCOCC1. The molecule has 0 aliphatic carbocycles. The Bertz CT molecular complexity index is 447. The summed E-state index contributed by atoms with van der Waals surface area (Å²) < 4.78 is 10.7. The third kappa shape index (κ3) is 4.19. The van der Waals surface area contributed by atoms with Gasteiger partial charge < -0.3 is 20.3 Å². The summed E-state index contributed by atoms with van der Waals surface area (Å²) in [5.41, 5.74) is 5.59. The molecule has 1 amide bonds. The van der Waals surface area contributed by atoms with E-state index in [1.54, 1.807) is 24.3 Å². The van der Waals surface area contributed by atoms with Crippen molar-refractivity contribution in [1.82, 2.24) is 4.90 Å². The highest BCUT2D eigenvalue weighted by atomic mass is 16.5. The maximum atomic E-state index is 11.2. The van der Waals surface area contributed by atoms with E-state index in [1.165, 1.54) is 0 Å². The fourth-order valence-corrected chi connectivity index (χ4v) is 2.12. The van der Waals surface area contributed by atoms with Crippen molar-refractivity contribution in [3.8, 4) is 5.75 Å². The fraction of sp³-hybridized carbons (Fsp3) is 0.500. The number of rotatable bonds is 6. The molecular formula is C14H20N2O4. The first-order valence-corrected chi connectivity index (χ1v) is 6.66. The second-order valence-electron chi connectivity index (χ2n) is 4.74. The van der Waals surface area contributed by atoms with Gasteiger partial charge in [0.15, 0.2) is 0 Å². The van der Waals surface area contributed by atoms with Gasteiger partial charge in [0.25, 0.3) is 5.91 Å². The lowest BCUT2D eigenvalue weighted by Crippen LogP contribution is -2.42. The van der Waals surface area contributed by atoms with Crippen LogP contribution in [0, 0.1) is 0 Å². The molecule has 1 unspecified atom stereocenters. The predicted octanol–water partition coefficient (Wildman–Crippen LogP) is -0.143. The van der Waals surface area contributed by atoms with Crippen LogP contribution < -0.4 is 10.5 Å². The molecule has 1 aromatic carbocycles. The Balaban J connectivity index is 1.83. The minimum atomic E-state index is -0.617. The molecule has 2 rings (SSSR count). The van der Waals surface area contributed by atoms with Crippen LogP contribution >= 0.6 is 0 Å². The minimum absolute atomic E-state index is 0.127. The first kappa shape index (κ1) is 14.8. The molecule has 1 heterocycles. The first-order chi connectivity index (χ1) is 9.66. The number of hydrogen-bond acceptors (Lipinski definition) is 5. The van der Waals surface area contributed by atoms with Crippen LogP contribution in [-0.2, 0) is 4.74 Å². The van der Waals surface area contributed by atoms with Crippen LogP contribution in [-0.4, -0.2) is 61.5 Å². The van der Waals surface area contributed by atoms with Crippen LogP contribution in [0.15, 0.2) is 24.3 Å². The zero-order valence-corrected chi connectivity index (χ0v) is 11.3. The summed E-state index contributed by atoms with van der Waals surface area (Å²) in [5.74, 6) is -0.135. The topological polar surface area (TPSA) is 85.0 Å². The van der Waals surface area contributed by atoms with Gasteiger partial charge in [-0.05, 0) is 12.1 Å². The number of nitrogens with two attached hydrogens (primary N) is 1. The van der Waals surface area contributed by atoms with E-state index in [-0.39, 0.29) is 6.61 Å². The van der Waals surface area contributed by atoms with E-state index in [2.05, 4.69) is 4.90 Å². The molecule has 110 valence electrons. The van der Waals surface area contributed by atoms with Crippen LogP contribution in [0.5, 0.6) is 5.75 Å². The summed E-state index contributed by atoms with van der Waals surface area (Å²) in [7, 11) is 0. The molecule has 1 aromatic rings. The van der Waals surface area contributed by atoms with E-state index >= 15 is 0 Å². The van der Waals surface area contributed by atoms with Gasteiger partial charge in [0.05, 0.1) is 18.8 Å². The molecule has 1 fully saturated rings. The number of nitrogens with zero attached hydrogens (tertiary/aromatic N) is 1. The largest absolute Gasteiger partial charge is 0.490 e. The fourth-order valence-electron chi connectivity index (χ4n) is 2.12. The number of amides is 1. The van der Waals surface area contributed by atoms with Gasteiger partial charge in [-0.1, -0.05) is 12.1 Å². The second kappa shape index (κ2) is 7.23. The van der Waals surface area contributed by atoms with E-state index in [4.69, 9.17) is 15.2 Å². The number of para-hydroxylation sites is 1. The van der Waals surface area contributed by atoms with Gasteiger partial charge >= 0.3 is 0 Å². The zero-order chi connectivity index (χ0) is 14.4. The molecule has 6 nitrogen and oxygen atoms in total. The van der Waals surface area contributed by atoms with Gasteiger partial charge in [0.2, 0.25) is 0 Å². The Morgan fingerprint density at radius 2 is 2.10 bits per heavy atom. The lowest BCUT2D eigenvalue weighted by Gasteiger charge is -2.28. The summed E-state index contributed by atoms with van der Waals surface area (Å²) in [5, 5.41) is 9.97. The molecular weight excluding hydrogens is 260 g/mol. The molecule has 0 radical (unpaired) electrons. The van der Waals surface area contributed by atoms with Crippen LogP contribution in [0.3, 0.4) is 0 Å².